The fourth-order valence-corrected chi connectivity index (χ4v) is 3.63. The Morgan fingerprint density at radius 1 is 1.46 bits per heavy atom. The molecule has 0 aliphatic carbocycles. The number of aromatic nitrogens is 2. The maximum absolute atomic E-state index is 8.95. The second kappa shape index (κ2) is 7.20. The van der Waals surface area contributed by atoms with Crippen molar-refractivity contribution in [3.63, 3.8) is 0 Å². The Morgan fingerprint density at radius 3 is 2.96 bits per heavy atom. The van der Waals surface area contributed by atoms with Crippen molar-refractivity contribution in [1.29, 1.82) is 5.26 Å². The first-order chi connectivity index (χ1) is 11.6. The molecule has 0 unspecified atom stereocenters. The predicted molar refractivity (Wildman–Crippen MR) is 96.2 cm³/mol. The van der Waals surface area contributed by atoms with Gasteiger partial charge in [-0.2, -0.15) is 10.4 Å². The van der Waals surface area contributed by atoms with Gasteiger partial charge in [0, 0.05) is 24.0 Å². The minimum atomic E-state index is 0.308. The first-order valence-corrected chi connectivity index (χ1v) is 8.85. The van der Waals surface area contributed by atoms with E-state index in [4.69, 9.17) is 21.6 Å². The highest BCUT2D eigenvalue weighted by Gasteiger charge is 2.19. The molecule has 1 atom stereocenters. The molecule has 2 aromatic rings. The van der Waals surface area contributed by atoms with Crippen molar-refractivity contribution in [3.8, 4) is 17.3 Å². The highest BCUT2D eigenvalue weighted by atomic mass is 35.5. The fourth-order valence-electron chi connectivity index (χ4n) is 2.47. The van der Waals surface area contributed by atoms with Crippen LogP contribution in [-0.4, -0.2) is 33.7 Å². The summed E-state index contributed by atoms with van der Waals surface area (Å²) in [7, 11) is 1.69. The van der Waals surface area contributed by atoms with E-state index in [9.17, 15) is 0 Å². The number of nitrogens with zero attached hydrogens (tertiary/aromatic N) is 4. The van der Waals surface area contributed by atoms with E-state index >= 15 is 0 Å². The molecule has 0 radical (unpaired) electrons. The predicted octanol–water partition coefficient (Wildman–Crippen LogP) is 3.92. The molecule has 1 aromatic carbocycles. The Kier molecular flexibility index (Phi) is 5.03. The SMILES string of the molecule is COC1=CN([C@H](C)Cn2ccc(-c3ccc(C#N)c(Cl)c3)n2)CS1. The van der Waals surface area contributed by atoms with Crippen LogP contribution in [0.5, 0.6) is 0 Å². The van der Waals surface area contributed by atoms with Crippen molar-refractivity contribution in [3.05, 3.63) is 52.3 Å². The number of rotatable bonds is 5. The van der Waals surface area contributed by atoms with Crippen molar-refractivity contribution >= 4 is 23.4 Å². The molecule has 0 spiro atoms. The number of halogens is 1. The third-order valence-corrected chi connectivity index (χ3v) is 5.17. The zero-order chi connectivity index (χ0) is 17.1. The van der Waals surface area contributed by atoms with Crippen molar-refractivity contribution in [2.75, 3.05) is 13.0 Å². The van der Waals surface area contributed by atoms with Crippen LogP contribution in [0, 0.1) is 11.3 Å². The average molecular weight is 361 g/mol. The number of hydrogen-bond donors (Lipinski definition) is 0. The smallest absolute Gasteiger partial charge is 0.170 e. The molecule has 0 fully saturated rings. The Morgan fingerprint density at radius 2 is 2.29 bits per heavy atom. The average Bonchev–Trinajstić information content (AvgIpc) is 3.24. The molecule has 0 saturated heterocycles. The Hall–Kier alpha value is -2.10. The van der Waals surface area contributed by atoms with E-state index in [1.54, 1.807) is 31.0 Å². The summed E-state index contributed by atoms with van der Waals surface area (Å²) < 4.78 is 7.18. The summed E-state index contributed by atoms with van der Waals surface area (Å²) in [4.78, 5) is 2.24. The van der Waals surface area contributed by atoms with E-state index in [0.717, 1.165) is 28.8 Å². The standard InChI is InChI=1S/C17H17ClN4OS/c1-12(21-10-17(23-2)24-11-21)9-22-6-5-16(20-22)13-3-4-14(8-19)15(18)7-13/h3-7,10,12H,9,11H2,1-2H3/t12-/m1/s1. The molecule has 0 saturated carbocycles. The summed E-state index contributed by atoms with van der Waals surface area (Å²) in [6.07, 6.45) is 4.00. The van der Waals surface area contributed by atoms with E-state index in [1.165, 1.54) is 0 Å². The van der Waals surface area contributed by atoms with Gasteiger partial charge in [0.2, 0.25) is 0 Å². The Bertz CT molecular complexity index is 811. The lowest BCUT2D eigenvalue weighted by Gasteiger charge is -2.22. The van der Waals surface area contributed by atoms with Gasteiger partial charge < -0.3 is 9.64 Å². The van der Waals surface area contributed by atoms with E-state index in [0.29, 0.717) is 16.6 Å². The van der Waals surface area contributed by atoms with E-state index in [1.807, 2.05) is 29.2 Å². The molecule has 1 aromatic heterocycles. The van der Waals surface area contributed by atoms with Gasteiger partial charge in [-0.25, -0.2) is 0 Å². The minimum Gasteiger partial charge on any atom is -0.489 e. The van der Waals surface area contributed by atoms with E-state index < -0.39 is 0 Å². The number of ether oxygens (including phenoxy) is 1. The lowest BCUT2D eigenvalue weighted by molar-refractivity contribution is 0.281. The first kappa shape index (κ1) is 16.7. The molecule has 24 heavy (non-hydrogen) atoms. The highest BCUT2D eigenvalue weighted by Crippen LogP contribution is 2.28. The zero-order valence-electron chi connectivity index (χ0n) is 13.4. The maximum atomic E-state index is 8.95. The van der Waals surface area contributed by atoms with Crippen LogP contribution < -0.4 is 0 Å². The van der Waals surface area contributed by atoms with Gasteiger partial charge >= 0.3 is 0 Å². The van der Waals surface area contributed by atoms with Crippen molar-refractivity contribution in [2.24, 2.45) is 0 Å². The number of thioether (sulfide) groups is 1. The van der Waals surface area contributed by atoms with Gasteiger partial charge in [-0.3, -0.25) is 4.68 Å². The lowest BCUT2D eigenvalue weighted by atomic mass is 10.1. The minimum absolute atomic E-state index is 0.308. The normalized spacial score (nSPS) is 15.1. The van der Waals surface area contributed by atoms with Gasteiger partial charge in [0.25, 0.3) is 0 Å². The number of benzene rings is 1. The van der Waals surface area contributed by atoms with Crippen LogP contribution in [0.25, 0.3) is 11.3 Å². The quantitative estimate of drug-likeness (QED) is 0.809. The van der Waals surface area contributed by atoms with Gasteiger partial charge in [-0.15, -0.1) is 0 Å². The second-order valence-corrected chi connectivity index (χ2v) is 6.87. The van der Waals surface area contributed by atoms with Crippen LogP contribution in [-0.2, 0) is 11.3 Å². The van der Waals surface area contributed by atoms with Crippen LogP contribution in [0.1, 0.15) is 12.5 Å². The lowest BCUT2D eigenvalue weighted by Crippen LogP contribution is -2.30. The van der Waals surface area contributed by atoms with Crippen molar-refractivity contribution in [1.82, 2.24) is 14.7 Å². The number of nitriles is 1. The van der Waals surface area contributed by atoms with E-state index in [2.05, 4.69) is 23.0 Å². The molecular formula is C17H17ClN4OS. The topological polar surface area (TPSA) is 54.1 Å². The van der Waals surface area contributed by atoms with Gasteiger partial charge in [0.1, 0.15) is 6.07 Å². The van der Waals surface area contributed by atoms with E-state index in [-0.39, 0.29) is 0 Å². The van der Waals surface area contributed by atoms with Gasteiger partial charge in [-0.1, -0.05) is 29.4 Å². The van der Waals surface area contributed by atoms with Crippen LogP contribution in [0.3, 0.4) is 0 Å². The summed E-state index contributed by atoms with van der Waals surface area (Å²) in [5.41, 5.74) is 2.22. The number of methoxy groups -OCH3 is 1. The second-order valence-electron chi connectivity index (χ2n) is 5.52. The molecule has 0 N–H and O–H groups in total. The van der Waals surface area contributed by atoms with Crippen LogP contribution in [0.2, 0.25) is 5.02 Å². The molecule has 0 amide bonds. The monoisotopic (exact) mass is 360 g/mol. The summed E-state index contributed by atoms with van der Waals surface area (Å²) in [6, 6.07) is 9.69. The summed E-state index contributed by atoms with van der Waals surface area (Å²) in [6.45, 7) is 2.94. The Labute approximate surface area is 150 Å². The summed E-state index contributed by atoms with van der Waals surface area (Å²) >= 11 is 7.79. The van der Waals surface area contributed by atoms with Crippen LogP contribution >= 0.6 is 23.4 Å². The molecule has 5 nitrogen and oxygen atoms in total. The van der Waals surface area contributed by atoms with Crippen LogP contribution in [0.4, 0.5) is 0 Å². The largest absolute Gasteiger partial charge is 0.489 e. The third kappa shape index (κ3) is 3.53. The molecule has 0 bridgehead atoms. The molecule has 1 aliphatic rings. The molecule has 2 heterocycles. The first-order valence-electron chi connectivity index (χ1n) is 7.48. The summed E-state index contributed by atoms with van der Waals surface area (Å²) in [5, 5.41) is 15.0. The maximum Gasteiger partial charge on any atom is 0.170 e. The molecule has 3 rings (SSSR count). The van der Waals surface area contributed by atoms with Gasteiger partial charge in [0.05, 0.1) is 35.8 Å². The summed E-state index contributed by atoms with van der Waals surface area (Å²) in [5.74, 6) is 0.893. The van der Waals surface area contributed by atoms with Crippen LogP contribution in [0.15, 0.2) is 41.8 Å². The third-order valence-electron chi connectivity index (χ3n) is 3.87. The molecule has 124 valence electrons. The van der Waals surface area contributed by atoms with Gasteiger partial charge in [-0.05, 0) is 25.1 Å². The number of hydrogen-bond acceptors (Lipinski definition) is 5. The molecular weight excluding hydrogens is 344 g/mol. The van der Waals surface area contributed by atoms with Crippen molar-refractivity contribution < 1.29 is 4.74 Å². The van der Waals surface area contributed by atoms with Crippen molar-refractivity contribution in [2.45, 2.75) is 19.5 Å². The molecule has 7 heteroatoms. The zero-order valence-corrected chi connectivity index (χ0v) is 15.0. The van der Waals surface area contributed by atoms with Gasteiger partial charge in [0.15, 0.2) is 5.09 Å². The highest BCUT2D eigenvalue weighted by molar-refractivity contribution is 8.03. The molecule has 1 aliphatic heterocycles. The Balaban J connectivity index is 1.71. The fraction of sp³-hybridized carbons (Fsp3) is 0.294.